The van der Waals surface area contributed by atoms with Crippen LogP contribution in [0.4, 0.5) is 10.1 Å². The van der Waals surface area contributed by atoms with Crippen molar-refractivity contribution < 1.29 is 12.8 Å². The van der Waals surface area contributed by atoms with Gasteiger partial charge in [-0.25, -0.2) is 12.8 Å². The number of rotatable bonds is 6. The minimum Gasteiger partial charge on any atom is -0.313 e. The number of nitrogens with one attached hydrogen (secondary N) is 2. The van der Waals surface area contributed by atoms with E-state index in [0.717, 1.165) is 18.3 Å². The van der Waals surface area contributed by atoms with Gasteiger partial charge < -0.3 is 5.32 Å². The van der Waals surface area contributed by atoms with Crippen LogP contribution in [-0.4, -0.2) is 19.9 Å². The van der Waals surface area contributed by atoms with Crippen molar-refractivity contribution in [2.75, 3.05) is 11.3 Å². The summed E-state index contributed by atoms with van der Waals surface area (Å²) in [6, 6.07) is 7.70. The fourth-order valence-electron chi connectivity index (χ4n) is 1.72. The average molecular weight is 309 g/mol. The van der Waals surface area contributed by atoms with Crippen LogP contribution < -0.4 is 10.0 Å². The zero-order chi connectivity index (χ0) is 15.3. The lowest BCUT2D eigenvalue weighted by Crippen LogP contribution is -2.15. The van der Waals surface area contributed by atoms with E-state index in [1.54, 1.807) is 12.1 Å². The molecule has 112 valence electrons. The van der Waals surface area contributed by atoms with Crippen molar-refractivity contribution in [2.24, 2.45) is 0 Å². The first-order valence-electron chi connectivity index (χ1n) is 6.45. The predicted molar refractivity (Wildman–Crippen MR) is 78.8 cm³/mol. The second-order valence-corrected chi connectivity index (χ2v) is 6.07. The first kappa shape index (κ1) is 15.4. The van der Waals surface area contributed by atoms with Crippen molar-refractivity contribution >= 4 is 15.7 Å². The van der Waals surface area contributed by atoms with E-state index in [1.165, 1.54) is 24.4 Å². The molecule has 0 bridgehead atoms. The average Bonchev–Trinajstić information content (AvgIpc) is 2.48. The van der Waals surface area contributed by atoms with Gasteiger partial charge in [0, 0.05) is 12.7 Å². The molecule has 0 saturated carbocycles. The fourth-order valence-corrected chi connectivity index (χ4v) is 2.78. The second-order valence-electron chi connectivity index (χ2n) is 4.39. The number of hydrogen-bond donors (Lipinski definition) is 2. The molecule has 1 aromatic carbocycles. The van der Waals surface area contributed by atoms with Crippen molar-refractivity contribution in [1.82, 2.24) is 10.3 Å². The summed E-state index contributed by atoms with van der Waals surface area (Å²) in [7, 11) is -3.81. The summed E-state index contributed by atoms with van der Waals surface area (Å²) in [6.07, 6.45) is 2.28. The van der Waals surface area contributed by atoms with Gasteiger partial charge >= 0.3 is 0 Å². The molecule has 0 aliphatic heterocycles. The Morgan fingerprint density at radius 3 is 2.52 bits per heavy atom. The molecule has 2 N–H and O–H groups in total. The summed E-state index contributed by atoms with van der Waals surface area (Å²) < 4.78 is 40.0. The molecule has 0 saturated heterocycles. The molecule has 0 aliphatic rings. The van der Waals surface area contributed by atoms with Crippen LogP contribution in [0.5, 0.6) is 0 Å². The Bertz CT molecular complexity index is 702. The van der Waals surface area contributed by atoms with Gasteiger partial charge in [0.05, 0.1) is 16.8 Å². The summed E-state index contributed by atoms with van der Waals surface area (Å²) in [4.78, 5) is 3.65. The summed E-state index contributed by atoms with van der Waals surface area (Å²) >= 11 is 0. The summed E-state index contributed by atoms with van der Waals surface area (Å²) in [5.41, 5.74) is 0.854. The third-order valence-corrected chi connectivity index (χ3v) is 4.21. The molecule has 0 aliphatic carbocycles. The molecule has 1 heterocycles. The molecule has 0 unspecified atom stereocenters. The molecule has 5 nitrogen and oxygen atoms in total. The number of nitrogens with zero attached hydrogens (tertiary/aromatic N) is 1. The highest BCUT2D eigenvalue weighted by molar-refractivity contribution is 7.92. The third kappa shape index (κ3) is 3.99. The van der Waals surface area contributed by atoms with Gasteiger partial charge in [0.15, 0.2) is 5.82 Å². The lowest BCUT2D eigenvalue weighted by atomic mass is 10.2. The summed E-state index contributed by atoms with van der Waals surface area (Å²) in [5, 5.41) is 3.15. The van der Waals surface area contributed by atoms with E-state index in [1.807, 2.05) is 6.92 Å². The quantitative estimate of drug-likeness (QED) is 0.857. The van der Waals surface area contributed by atoms with E-state index >= 15 is 0 Å². The molecule has 2 rings (SSSR count). The van der Waals surface area contributed by atoms with Crippen LogP contribution in [0.3, 0.4) is 0 Å². The molecule has 2 aromatic rings. The largest absolute Gasteiger partial charge is 0.313 e. The van der Waals surface area contributed by atoms with Crippen LogP contribution in [-0.2, 0) is 16.6 Å². The number of aromatic nitrogens is 1. The van der Waals surface area contributed by atoms with Gasteiger partial charge in [-0.3, -0.25) is 9.71 Å². The topological polar surface area (TPSA) is 71.1 Å². The Balaban J connectivity index is 2.18. The highest BCUT2D eigenvalue weighted by atomic mass is 32.2. The SMILES string of the molecule is CCNCc1ccc(S(=O)(=O)Nc2ccncc2F)cc1. The number of halogens is 1. The van der Waals surface area contributed by atoms with Crippen molar-refractivity contribution in [1.29, 1.82) is 0 Å². The highest BCUT2D eigenvalue weighted by Crippen LogP contribution is 2.18. The Morgan fingerprint density at radius 1 is 1.19 bits per heavy atom. The minimum atomic E-state index is -3.81. The number of sulfonamides is 1. The first-order valence-corrected chi connectivity index (χ1v) is 7.93. The predicted octanol–water partition coefficient (Wildman–Crippen LogP) is 2.13. The fraction of sp³-hybridized carbons (Fsp3) is 0.214. The zero-order valence-corrected chi connectivity index (χ0v) is 12.3. The molecule has 0 atom stereocenters. The van der Waals surface area contributed by atoms with E-state index < -0.39 is 15.8 Å². The van der Waals surface area contributed by atoms with Crippen LogP contribution in [0.1, 0.15) is 12.5 Å². The van der Waals surface area contributed by atoms with E-state index in [-0.39, 0.29) is 10.6 Å². The molecule has 0 fully saturated rings. The summed E-state index contributed by atoms with van der Waals surface area (Å²) in [5.74, 6) is -0.718. The first-order chi connectivity index (χ1) is 10.0. The van der Waals surface area contributed by atoms with E-state index in [2.05, 4.69) is 15.0 Å². The van der Waals surface area contributed by atoms with Gasteiger partial charge in [0.25, 0.3) is 10.0 Å². The molecular formula is C14H16FN3O2S. The zero-order valence-electron chi connectivity index (χ0n) is 11.5. The number of pyridine rings is 1. The highest BCUT2D eigenvalue weighted by Gasteiger charge is 2.16. The van der Waals surface area contributed by atoms with Gasteiger partial charge in [-0.1, -0.05) is 19.1 Å². The van der Waals surface area contributed by atoms with Crippen LogP contribution in [0, 0.1) is 5.82 Å². The number of anilines is 1. The van der Waals surface area contributed by atoms with Crippen molar-refractivity contribution in [3.05, 3.63) is 54.1 Å². The van der Waals surface area contributed by atoms with E-state index in [0.29, 0.717) is 6.54 Å². The lowest BCUT2D eigenvalue weighted by molar-refractivity contribution is 0.598. The van der Waals surface area contributed by atoms with Gasteiger partial charge in [-0.05, 0) is 30.3 Å². The number of benzene rings is 1. The Hall–Kier alpha value is -1.99. The van der Waals surface area contributed by atoms with Gasteiger partial charge in [0.2, 0.25) is 0 Å². The maximum Gasteiger partial charge on any atom is 0.261 e. The lowest BCUT2D eigenvalue weighted by Gasteiger charge is -2.09. The molecule has 0 spiro atoms. The van der Waals surface area contributed by atoms with Crippen molar-refractivity contribution in [3.8, 4) is 0 Å². The smallest absolute Gasteiger partial charge is 0.261 e. The van der Waals surface area contributed by atoms with E-state index in [9.17, 15) is 12.8 Å². The van der Waals surface area contributed by atoms with Crippen molar-refractivity contribution in [2.45, 2.75) is 18.4 Å². The maximum atomic E-state index is 13.4. The molecular weight excluding hydrogens is 293 g/mol. The van der Waals surface area contributed by atoms with Gasteiger partial charge in [-0.15, -0.1) is 0 Å². The molecule has 0 radical (unpaired) electrons. The van der Waals surface area contributed by atoms with Crippen LogP contribution in [0.2, 0.25) is 0 Å². The maximum absolute atomic E-state index is 13.4. The molecule has 7 heteroatoms. The van der Waals surface area contributed by atoms with Crippen molar-refractivity contribution in [3.63, 3.8) is 0 Å². The molecule has 0 amide bonds. The van der Waals surface area contributed by atoms with Gasteiger partial charge in [-0.2, -0.15) is 0 Å². The third-order valence-electron chi connectivity index (χ3n) is 2.83. The Kier molecular flexibility index (Phi) is 4.87. The Morgan fingerprint density at radius 2 is 1.90 bits per heavy atom. The number of hydrogen-bond acceptors (Lipinski definition) is 4. The van der Waals surface area contributed by atoms with Crippen LogP contribution in [0.15, 0.2) is 47.6 Å². The molecule has 21 heavy (non-hydrogen) atoms. The Labute approximate surface area is 123 Å². The van der Waals surface area contributed by atoms with E-state index in [4.69, 9.17) is 0 Å². The van der Waals surface area contributed by atoms with Gasteiger partial charge in [0.1, 0.15) is 0 Å². The standard InChI is InChI=1S/C14H16FN3O2S/c1-2-16-9-11-3-5-12(6-4-11)21(19,20)18-14-7-8-17-10-13(14)15/h3-8,10,16H,2,9H2,1H3,(H,17,18). The second kappa shape index (κ2) is 6.64. The van der Waals surface area contributed by atoms with Crippen LogP contribution in [0.25, 0.3) is 0 Å². The van der Waals surface area contributed by atoms with Crippen LogP contribution >= 0.6 is 0 Å². The monoisotopic (exact) mass is 309 g/mol. The minimum absolute atomic E-state index is 0.0824. The normalized spacial score (nSPS) is 11.3. The molecule has 1 aromatic heterocycles. The summed E-state index contributed by atoms with van der Waals surface area (Å²) in [6.45, 7) is 3.50.